The van der Waals surface area contributed by atoms with Crippen LogP contribution in [0.4, 0.5) is 5.69 Å². The molecule has 9 nitrogen and oxygen atoms in total. The molecule has 2 heterocycles. The summed E-state index contributed by atoms with van der Waals surface area (Å²) in [5.41, 5.74) is 0.477. The van der Waals surface area contributed by atoms with Gasteiger partial charge in [0, 0.05) is 25.5 Å². The zero-order chi connectivity index (χ0) is 21.9. The lowest BCUT2D eigenvalue weighted by atomic mass is 10.2. The number of sulfonamides is 1. The second-order valence-electron chi connectivity index (χ2n) is 6.23. The zero-order valence-electron chi connectivity index (χ0n) is 16.7. The summed E-state index contributed by atoms with van der Waals surface area (Å²) in [6, 6.07) is 5.48. The van der Waals surface area contributed by atoms with Gasteiger partial charge in [0.15, 0.2) is 10.8 Å². The number of phenolic OH excluding ortho intramolecular Hbond substituents is 1. The van der Waals surface area contributed by atoms with Crippen molar-refractivity contribution in [2.75, 3.05) is 18.4 Å². The molecule has 0 unspecified atom stereocenters. The van der Waals surface area contributed by atoms with Gasteiger partial charge in [0.25, 0.3) is 5.91 Å². The minimum Gasteiger partial charge on any atom is -0.506 e. The number of hydrogen-bond donors (Lipinski definition) is 2. The highest BCUT2D eigenvalue weighted by Crippen LogP contribution is 2.30. The standard InChI is InChI=1S/C19H21N5O4S2/c1-4-24(5-2)30(27,28)13-7-8-15(25)14(11-13)23-18(26)16-12(3)22-19(29-16)17-20-9-6-10-21-17/h6-11,25H,4-5H2,1-3H3,(H,23,26). The normalized spacial score (nSPS) is 11.6. The van der Waals surface area contributed by atoms with E-state index in [9.17, 15) is 18.3 Å². The summed E-state index contributed by atoms with van der Waals surface area (Å²) in [6.45, 7) is 5.78. The molecule has 3 aromatic rings. The van der Waals surface area contributed by atoms with E-state index in [4.69, 9.17) is 0 Å². The van der Waals surface area contributed by atoms with Crippen molar-refractivity contribution in [3.05, 3.63) is 47.2 Å². The van der Waals surface area contributed by atoms with Crippen LogP contribution in [0.3, 0.4) is 0 Å². The van der Waals surface area contributed by atoms with Crippen LogP contribution in [0.5, 0.6) is 5.75 Å². The van der Waals surface area contributed by atoms with Crippen LogP contribution in [-0.4, -0.2) is 51.8 Å². The number of carbonyl (C=O) groups excluding carboxylic acids is 1. The summed E-state index contributed by atoms with van der Waals surface area (Å²) in [6.07, 6.45) is 3.16. The number of phenols is 1. The van der Waals surface area contributed by atoms with E-state index in [1.807, 2.05) is 0 Å². The molecule has 0 saturated heterocycles. The molecule has 0 radical (unpaired) electrons. The van der Waals surface area contributed by atoms with E-state index in [2.05, 4.69) is 20.3 Å². The van der Waals surface area contributed by atoms with Gasteiger partial charge in [-0.2, -0.15) is 4.31 Å². The van der Waals surface area contributed by atoms with Crippen LogP contribution in [0.2, 0.25) is 0 Å². The van der Waals surface area contributed by atoms with Crippen LogP contribution < -0.4 is 5.32 Å². The Morgan fingerprint density at radius 2 is 1.87 bits per heavy atom. The number of aromatic nitrogens is 3. The lowest BCUT2D eigenvalue weighted by Gasteiger charge is -2.19. The first-order valence-electron chi connectivity index (χ1n) is 9.17. The first kappa shape index (κ1) is 21.8. The molecule has 0 aliphatic heterocycles. The van der Waals surface area contributed by atoms with E-state index in [-0.39, 0.29) is 16.3 Å². The number of nitrogens with one attached hydrogen (secondary N) is 1. The van der Waals surface area contributed by atoms with Crippen molar-refractivity contribution in [3.63, 3.8) is 0 Å². The van der Waals surface area contributed by atoms with Gasteiger partial charge in [-0.3, -0.25) is 4.79 Å². The average Bonchev–Trinajstić information content (AvgIpc) is 3.12. The minimum absolute atomic E-state index is 0.00135. The highest BCUT2D eigenvalue weighted by molar-refractivity contribution is 7.89. The Kier molecular flexibility index (Phi) is 6.44. The fourth-order valence-corrected chi connectivity index (χ4v) is 5.17. The minimum atomic E-state index is -3.74. The number of hydrogen-bond acceptors (Lipinski definition) is 8. The largest absolute Gasteiger partial charge is 0.506 e. The number of thiazole rings is 1. The second-order valence-corrected chi connectivity index (χ2v) is 9.17. The molecule has 0 fully saturated rings. The van der Waals surface area contributed by atoms with Gasteiger partial charge in [0.2, 0.25) is 10.0 Å². The summed E-state index contributed by atoms with van der Waals surface area (Å²) >= 11 is 1.11. The van der Waals surface area contributed by atoms with E-state index >= 15 is 0 Å². The molecule has 1 aromatic carbocycles. The van der Waals surface area contributed by atoms with Gasteiger partial charge in [-0.25, -0.2) is 23.4 Å². The van der Waals surface area contributed by atoms with E-state index in [0.29, 0.717) is 34.5 Å². The maximum absolute atomic E-state index is 12.8. The van der Waals surface area contributed by atoms with Crippen LogP contribution in [0.15, 0.2) is 41.6 Å². The number of rotatable bonds is 7. The van der Waals surface area contributed by atoms with Crippen LogP contribution in [0, 0.1) is 6.92 Å². The smallest absolute Gasteiger partial charge is 0.267 e. The number of amides is 1. The molecular formula is C19H21N5O4S2. The van der Waals surface area contributed by atoms with Crippen molar-refractivity contribution in [1.29, 1.82) is 0 Å². The molecule has 0 spiro atoms. The van der Waals surface area contributed by atoms with Gasteiger partial charge >= 0.3 is 0 Å². The summed E-state index contributed by atoms with van der Waals surface area (Å²) in [4.78, 5) is 25.7. The predicted molar refractivity (Wildman–Crippen MR) is 114 cm³/mol. The van der Waals surface area contributed by atoms with Crippen molar-refractivity contribution in [1.82, 2.24) is 19.3 Å². The summed E-state index contributed by atoms with van der Waals surface area (Å²) in [5.74, 6) is -0.352. The third-order valence-electron chi connectivity index (χ3n) is 4.32. The Morgan fingerprint density at radius 1 is 1.20 bits per heavy atom. The molecule has 11 heteroatoms. The monoisotopic (exact) mass is 447 g/mol. The molecule has 2 N–H and O–H groups in total. The predicted octanol–water partition coefficient (Wildman–Crippen LogP) is 2.90. The van der Waals surface area contributed by atoms with E-state index in [1.54, 1.807) is 39.2 Å². The molecule has 1 amide bonds. The highest BCUT2D eigenvalue weighted by Gasteiger charge is 2.24. The van der Waals surface area contributed by atoms with Crippen molar-refractivity contribution < 1.29 is 18.3 Å². The molecule has 0 aliphatic rings. The van der Waals surface area contributed by atoms with Gasteiger partial charge in [-0.1, -0.05) is 13.8 Å². The third kappa shape index (κ3) is 4.32. The second kappa shape index (κ2) is 8.86. The quantitative estimate of drug-likeness (QED) is 0.533. The molecule has 0 aliphatic carbocycles. The molecule has 2 aromatic heterocycles. The van der Waals surface area contributed by atoms with Crippen molar-refractivity contribution in [2.45, 2.75) is 25.7 Å². The highest BCUT2D eigenvalue weighted by atomic mass is 32.2. The Morgan fingerprint density at radius 3 is 2.50 bits per heavy atom. The Hall–Kier alpha value is -2.89. The van der Waals surface area contributed by atoms with Crippen molar-refractivity contribution in [3.8, 4) is 16.6 Å². The maximum atomic E-state index is 12.8. The summed E-state index contributed by atoms with van der Waals surface area (Å²) in [7, 11) is -3.74. The average molecular weight is 448 g/mol. The summed E-state index contributed by atoms with van der Waals surface area (Å²) < 4.78 is 26.8. The molecule has 0 atom stereocenters. The van der Waals surface area contributed by atoms with Gasteiger partial charge < -0.3 is 10.4 Å². The first-order valence-corrected chi connectivity index (χ1v) is 11.4. The Bertz CT molecular complexity index is 1160. The number of anilines is 1. The zero-order valence-corrected chi connectivity index (χ0v) is 18.3. The third-order valence-corrected chi connectivity index (χ3v) is 7.52. The van der Waals surface area contributed by atoms with Gasteiger partial charge in [-0.05, 0) is 31.2 Å². The van der Waals surface area contributed by atoms with Gasteiger partial charge in [0.1, 0.15) is 10.6 Å². The van der Waals surface area contributed by atoms with Crippen LogP contribution in [0.25, 0.3) is 10.8 Å². The van der Waals surface area contributed by atoms with Crippen LogP contribution >= 0.6 is 11.3 Å². The fourth-order valence-electron chi connectivity index (χ4n) is 2.78. The maximum Gasteiger partial charge on any atom is 0.267 e. The lowest BCUT2D eigenvalue weighted by molar-refractivity contribution is 0.102. The van der Waals surface area contributed by atoms with Crippen LogP contribution in [0.1, 0.15) is 29.2 Å². The van der Waals surface area contributed by atoms with Crippen LogP contribution in [-0.2, 0) is 10.0 Å². The van der Waals surface area contributed by atoms with E-state index in [0.717, 1.165) is 11.3 Å². The van der Waals surface area contributed by atoms with E-state index in [1.165, 1.54) is 22.5 Å². The van der Waals surface area contributed by atoms with E-state index < -0.39 is 15.9 Å². The molecular weight excluding hydrogens is 426 g/mol. The topological polar surface area (TPSA) is 125 Å². The Balaban J connectivity index is 1.90. The van der Waals surface area contributed by atoms with Crippen molar-refractivity contribution >= 4 is 33.0 Å². The number of benzene rings is 1. The molecule has 0 bridgehead atoms. The lowest BCUT2D eigenvalue weighted by Crippen LogP contribution is -2.30. The van der Waals surface area contributed by atoms with Gasteiger partial charge in [0.05, 0.1) is 16.3 Å². The molecule has 3 rings (SSSR count). The Labute approximate surface area is 178 Å². The SMILES string of the molecule is CCN(CC)S(=O)(=O)c1ccc(O)c(NC(=O)c2sc(-c3ncccn3)nc2C)c1. The molecule has 0 saturated carbocycles. The molecule has 30 heavy (non-hydrogen) atoms. The van der Waals surface area contributed by atoms with Crippen molar-refractivity contribution in [2.24, 2.45) is 0 Å². The number of nitrogens with zero attached hydrogens (tertiary/aromatic N) is 4. The number of aromatic hydroxyl groups is 1. The number of aryl methyl sites for hydroxylation is 1. The number of carbonyl (C=O) groups is 1. The first-order chi connectivity index (χ1) is 14.3. The fraction of sp³-hybridized carbons (Fsp3) is 0.263. The van der Waals surface area contributed by atoms with Gasteiger partial charge in [-0.15, -0.1) is 11.3 Å². The summed E-state index contributed by atoms with van der Waals surface area (Å²) in [5, 5.41) is 13.2. The molecule has 158 valence electrons.